The van der Waals surface area contributed by atoms with Gasteiger partial charge in [-0.2, -0.15) is 0 Å². The third-order valence-electron chi connectivity index (χ3n) is 2.84. The zero-order valence-corrected chi connectivity index (χ0v) is 13.0. The van der Waals surface area contributed by atoms with Crippen molar-refractivity contribution in [3.8, 4) is 5.75 Å². The Morgan fingerprint density at radius 3 is 2.57 bits per heavy atom. The largest absolute Gasteiger partial charge is 0.484 e. The number of nitrogens with zero attached hydrogens (tertiary/aromatic N) is 1. The zero-order chi connectivity index (χ0) is 16.5. The van der Waals surface area contributed by atoms with E-state index < -0.39 is 0 Å². The number of aromatic nitrogens is 1. The minimum atomic E-state index is -0.378. The maximum absolute atomic E-state index is 11.6. The summed E-state index contributed by atoms with van der Waals surface area (Å²) in [5.41, 5.74) is 0.887. The molecule has 0 saturated heterocycles. The first-order valence-corrected chi connectivity index (χ1v) is 7.32. The van der Waals surface area contributed by atoms with Crippen LogP contribution in [-0.4, -0.2) is 29.9 Å². The number of hydrogen-bond acceptors (Lipinski definition) is 4. The maximum Gasteiger partial charge on any atom is 0.258 e. The highest BCUT2D eigenvalue weighted by atomic mass is 35.5. The van der Waals surface area contributed by atoms with Gasteiger partial charge in [0.05, 0.1) is 6.54 Å². The summed E-state index contributed by atoms with van der Waals surface area (Å²) in [7, 11) is 0. The first-order chi connectivity index (χ1) is 11.1. The molecule has 1 aromatic carbocycles. The van der Waals surface area contributed by atoms with Gasteiger partial charge in [0.1, 0.15) is 5.75 Å². The van der Waals surface area contributed by atoms with Crippen LogP contribution < -0.4 is 15.4 Å². The van der Waals surface area contributed by atoms with Crippen LogP contribution in [0.3, 0.4) is 0 Å². The molecule has 6 nitrogen and oxygen atoms in total. The Kier molecular flexibility index (Phi) is 6.38. The van der Waals surface area contributed by atoms with Crippen molar-refractivity contribution in [2.75, 3.05) is 13.2 Å². The molecule has 0 fully saturated rings. The molecule has 23 heavy (non-hydrogen) atoms. The molecule has 2 aromatic rings. The molecule has 0 unspecified atom stereocenters. The van der Waals surface area contributed by atoms with Gasteiger partial charge < -0.3 is 15.4 Å². The van der Waals surface area contributed by atoms with Gasteiger partial charge in [-0.3, -0.25) is 14.6 Å². The lowest BCUT2D eigenvalue weighted by Gasteiger charge is -2.08. The van der Waals surface area contributed by atoms with Crippen molar-refractivity contribution < 1.29 is 14.3 Å². The second-order valence-corrected chi connectivity index (χ2v) is 5.09. The summed E-state index contributed by atoms with van der Waals surface area (Å²) in [4.78, 5) is 27.2. The normalized spacial score (nSPS) is 9.96. The Hall–Kier alpha value is -2.60. The van der Waals surface area contributed by atoms with Gasteiger partial charge in [0.25, 0.3) is 5.91 Å². The van der Waals surface area contributed by atoms with E-state index in [1.54, 1.807) is 42.7 Å². The molecule has 2 N–H and O–H groups in total. The summed E-state index contributed by atoms with van der Waals surface area (Å²) in [6.45, 7) is 0.0877. The molecule has 0 spiro atoms. The highest BCUT2D eigenvalue weighted by molar-refractivity contribution is 6.30. The van der Waals surface area contributed by atoms with E-state index in [0.717, 1.165) is 5.56 Å². The lowest BCUT2D eigenvalue weighted by atomic mass is 10.3. The number of pyridine rings is 1. The first kappa shape index (κ1) is 16.8. The van der Waals surface area contributed by atoms with Gasteiger partial charge in [-0.15, -0.1) is 0 Å². The van der Waals surface area contributed by atoms with Crippen LogP contribution in [0.1, 0.15) is 5.56 Å². The van der Waals surface area contributed by atoms with Crippen LogP contribution in [0.15, 0.2) is 48.8 Å². The third-order valence-corrected chi connectivity index (χ3v) is 3.09. The number of carbonyl (C=O) groups is 2. The quantitative estimate of drug-likeness (QED) is 0.805. The predicted octanol–water partition coefficient (Wildman–Crippen LogP) is 1.55. The van der Waals surface area contributed by atoms with E-state index in [0.29, 0.717) is 17.3 Å². The molecule has 7 heteroatoms. The molecule has 0 bridgehead atoms. The number of benzene rings is 1. The van der Waals surface area contributed by atoms with E-state index in [9.17, 15) is 9.59 Å². The average Bonchev–Trinajstić information content (AvgIpc) is 2.58. The molecular formula is C16H16ClN3O3. The molecule has 120 valence electrons. The number of carbonyl (C=O) groups excluding carboxylic acids is 2. The summed E-state index contributed by atoms with van der Waals surface area (Å²) in [6.07, 6.45) is 3.32. The third kappa shape index (κ3) is 6.36. The standard InChI is InChI=1S/C16H16ClN3O3/c17-13-3-5-14(6-4-13)23-11-16(22)20-10-15(21)19-9-12-2-1-7-18-8-12/h1-8H,9-11H2,(H,19,21)(H,20,22). The summed E-state index contributed by atoms with van der Waals surface area (Å²) in [5, 5.41) is 5.76. The molecule has 1 heterocycles. The Morgan fingerprint density at radius 2 is 1.87 bits per heavy atom. The SMILES string of the molecule is O=C(CNC(=O)COc1ccc(Cl)cc1)NCc1cccnc1. The predicted molar refractivity (Wildman–Crippen MR) is 86.0 cm³/mol. The smallest absolute Gasteiger partial charge is 0.258 e. The number of rotatable bonds is 7. The van der Waals surface area contributed by atoms with E-state index >= 15 is 0 Å². The van der Waals surface area contributed by atoms with Crippen molar-refractivity contribution in [2.45, 2.75) is 6.54 Å². The van der Waals surface area contributed by atoms with Gasteiger partial charge >= 0.3 is 0 Å². The monoisotopic (exact) mass is 333 g/mol. The van der Waals surface area contributed by atoms with Crippen LogP contribution in [0.25, 0.3) is 0 Å². The fourth-order valence-electron chi connectivity index (χ4n) is 1.68. The molecule has 2 rings (SSSR count). The van der Waals surface area contributed by atoms with Crippen molar-refractivity contribution in [3.05, 3.63) is 59.4 Å². The summed E-state index contributed by atoms with van der Waals surface area (Å²) < 4.78 is 5.27. The molecule has 1 aromatic heterocycles. The lowest BCUT2D eigenvalue weighted by Crippen LogP contribution is -2.38. The Morgan fingerprint density at radius 1 is 1.09 bits per heavy atom. The highest BCUT2D eigenvalue weighted by Gasteiger charge is 2.06. The number of halogens is 1. The van der Waals surface area contributed by atoms with E-state index in [1.807, 2.05) is 6.07 Å². The van der Waals surface area contributed by atoms with Gasteiger partial charge in [-0.1, -0.05) is 17.7 Å². The fraction of sp³-hybridized carbons (Fsp3) is 0.188. The van der Waals surface area contributed by atoms with E-state index in [-0.39, 0.29) is 25.0 Å². The van der Waals surface area contributed by atoms with Crippen LogP contribution in [0, 0.1) is 0 Å². The van der Waals surface area contributed by atoms with Gasteiger partial charge in [0.15, 0.2) is 6.61 Å². The molecule has 2 amide bonds. The highest BCUT2D eigenvalue weighted by Crippen LogP contribution is 2.15. The topological polar surface area (TPSA) is 80.3 Å². The van der Waals surface area contributed by atoms with Gasteiger partial charge in [-0.25, -0.2) is 0 Å². The van der Waals surface area contributed by atoms with Crippen LogP contribution >= 0.6 is 11.6 Å². The molecule has 0 saturated carbocycles. The molecule has 0 aliphatic rings. The van der Waals surface area contributed by atoms with E-state index in [2.05, 4.69) is 15.6 Å². The van der Waals surface area contributed by atoms with Gasteiger partial charge in [-0.05, 0) is 35.9 Å². The summed E-state index contributed by atoms with van der Waals surface area (Å²) in [6, 6.07) is 10.3. The number of amides is 2. The van der Waals surface area contributed by atoms with Crippen LogP contribution in [-0.2, 0) is 16.1 Å². The van der Waals surface area contributed by atoms with Gasteiger partial charge in [0.2, 0.25) is 5.91 Å². The summed E-state index contributed by atoms with van der Waals surface area (Å²) in [5.74, 6) is -0.129. The minimum absolute atomic E-state index is 0.108. The van der Waals surface area contributed by atoms with Crippen LogP contribution in [0.2, 0.25) is 5.02 Å². The number of hydrogen-bond donors (Lipinski definition) is 2. The van der Waals surface area contributed by atoms with Crippen molar-refractivity contribution in [1.82, 2.24) is 15.6 Å². The molecule has 0 radical (unpaired) electrons. The summed E-state index contributed by atoms with van der Waals surface area (Å²) >= 11 is 5.75. The first-order valence-electron chi connectivity index (χ1n) is 6.94. The number of nitrogens with one attached hydrogen (secondary N) is 2. The van der Waals surface area contributed by atoms with Crippen LogP contribution in [0.5, 0.6) is 5.75 Å². The van der Waals surface area contributed by atoms with Crippen molar-refractivity contribution in [1.29, 1.82) is 0 Å². The Labute approximate surface area is 138 Å². The second-order valence-electron chi connectivity index (χ2n) is 4.66. The van der Waals surface area contributed by atoms with Crippen molar-refractivity contribution in [2.24, 2.45) is 0 Å². The van der Waals surface area contributed by atoms with E-state index in [1.165, 1.54) is 0 Å². The van der Waals surface area contributed by atoms with Gasteiger partial charge in [0, 0.05) is 24.0 Å². The molecule has 0 aliphatic carbocycles. The Bertz CT molecular complexity index is 647. The molecular weight excluding hydrogens is 318 g/mol. The zero-order valence-electron chi connectivity index (χ0n) is 12.3. The fourth-order valence-corrected chi connectivity index (χ4v) is 1.80. The average molecular weight is 334 g/mol. The van der Waals surface area contributed by atoms with E-state index in [4.69, 9.17) is 16.3 Å². The van der Waals surface area contributed by atoms with Crippen molar-refractivity contribution >= 4 is 23.4 Å². The minimum Gasteiger partial charge on any atom is -0.484 e. The maximum atomic E-state index is 11.6. The second kappa shape index (κ2) is 8.75. The molecule has 0 atom stereocenters. The van der Waals surface area contributed by atoms with Crippen LogP contribution in [0.4, 0.5) is 0 Å². The lowest BCUT2D eigenvalue weighted by molar-refractivity contribution is -0.127. The van der Waals surface area contributed by atoms with Crippen molar-refractivity contribution in [3.63, 3.8) is 0 Å². The number of ether oxygens (including phenoxy) is 1. The molecule has 0 aliphatic heterocycles. The Balaban J connectivity index is 1.63.